The molecule has 16 heteroatoms. The van der Waals surface area contributed by atoms with Crippen molar-refractivity contribution in [2.24, 2.45) is 0 Å². The van der Waals surface area contributed by atoms with E-state index in [1.165, 1.54) is 0 Å². The summed E-state index contributed by atoms with van der Waals surface area (Å²) in [6, 6.07) is 1.06. The summed E-state index contributed by atoms with van der Waals surface area (Å²) in [5.41, 5.74) is -0.442. The fourth-order valence-electron chi connectivity index (χ4n) is 3.35. The first-order valence-corrected chi connectivity index (χ1v) is 12.6. The second kappa shape index (κ2) is 17.6. The number of fused-ring (bicyclic) bond motifs is 1. The number of esters is 3. The second-order valence-corrected chi connectivity index (χ2v) is 8.29. The molecule has 2 aliphatic rings. The van der Waals surface area contributed by atoms with E-state index in [2.05, 4.69) is 14.8 Å². The first kappa shape index (κ1) is 35.0. The normalized spacial score (nSPS) is 13.5. The van der Waals surface area contributed by atoms with Gasteiger partial charge in [0.1, 0.15) is 18.6 Å². The van der Waals surface area contributed by atoms with Crippen LogP contribution in [-0.2, 0) is 65.4 Å². The number of imide groups is 2. The third-order valence-electron chi connectivity index (χ3n) is 4.85. The Morgan fingerprint density at radius 3 is 1.67 bits per heavy atom. The zero-order valence-corrected chi connectivity index (χ0v) is 23.2. The quantitative estimate of drug-likeness (QED) is 0.151. The highest BCUT2D eigenvalue weighted by atomic mass is 16.5. The highest BCUT2D eigenvalue weighted by Crippen LogP contribution is 2.18. The number of carbonyl (C=O) groups excluding carboxylic acids is 9. The maximum absolute atomic E-state index is 11.7. The lowest BCUT2D eigenvalue weighted by Gasteiger charge is -2.16. The molecule has 2 N–H and O–H groups in total. The molecule has 0 spiro atoms. The first-order chi connectivity index (χ1) is 19.8. The zero-order chi connectivity index (χ0) is 31.8. The number of nitrogens with one attached hydrogen (secondary N) is 2. The first-order valence-electron chi connectivity index (χ1n) is 12.6. The molecular formula is C26H30N2O14. The Balaban J connectivity index is 0.000000337. The molecule has 0 radical (unpaired) electrons. The van der Waals surface area contributed by atoms with E-state index in [-0.39, 0.29) is 81.0 Å². The third-order valence-corrected chi connectivity index (χ3v) is 4.85. The monoisotopic (exact) mass is 594 g/mol. The van der Waals surface area contributed by atoms with Gasteiger partial charge >= 0.3 is 23.5 Å². The van der Waals surface area contributed by atoms with Gasteiger partial charge in [0.25, 0.3) is 5.91 Å². The molecule has 0 bridgehead atoms. The Kier molecular flexibility index (Phi) is 14.7. The van der Waals surface area contributed by atoms with E-state index in [1.54, 1.807) is 20.8 Å². The van der Waals surface area contributed by atoms with Gasteiger partial charge in [0.15, 0.2) is 11.6 Å². The molecule has 3 rings (SSSR count). The van der Waals surface area contributed by atoms with Crippen LogP contribution in [0.5, 0.6) is 0 Å². The average Bonchev–Trinajstić information content (AvgIpc) is 2.83. The maximum Gasteiger partial charge on any atom is 0.336 e. The SMILES string of the molecule is CCOC(=O)CC(=O)CC(=O)OCC.CCOC(=O)Cc1cc(=O)oc2c1C(=O)NC(=O)C2.O=C1CC(=O)NC(=O)C1. The standard InChI is InChI=1S/C12H11NO6.C9H14O5.C5H5NO3/c1-2-18-9(15)3-6-4-10(16)19-7-5-8(14)13-12(17)11(6)7;1-3-13-8(11)5-7(10)6-9(12)14-4-2;7-3-1-4(8)6-5(9)2-3/h4H,2-3,5H2,1H3,(H,13,14,17);3-6H2,1-2H3;1-2H2,(H,6,8,9). The summed E-state index contributed by atoms with van der Waals surface area (Å²) in [6.07, 6.45) is -1.45. The number of rotatable bonds is 9. The van der Waals surface area contributed by atoms with Crippen LogP contribution in [0.3, 0.4) is 0 Å². The predicted molar refractivity (Wildman–Crippen MR) is 136 cm³/mol. The van der Waals surface area contributed by atoms with Crippen molar-refractivity contribution in [3.8, 4) is 0 Å². The second-order valence-electron chi connectivity index (χ2n) is 8.29. The lowest BCUT2D eigenvalue weighted by Crippen LogP contribution is -2.39. The van der Waals surface area contributed by atoms with E-state index in [1.807, 2.05) is 5.32 Å². The number of ketones is 2. The Bertz CT molecular complexity index is 1240. The maximum atomic E-state index is 11.7. The minimum atomic E-state index is -0.708. The van der Waals surface area contributed by atoms with Crippen LogP contribution in [0.2, 0.25) is 0 Å². The fourth-order valence-corrected chi connectivity index (χ4v) is 3.35. The minimum Gasteiger partial charge on any atom is -0.466 e. The van der Waals surface area contributed by atoms with Crippen LogP contribution in [0.4, 0.5) is 0 Å². The number of piperidine rings is 1. The van der Waals surface area contributed by atoms with E-state index >= 15 is 0 Å². The molecule has 4 amide bonds. The minimum absolute atomic E-state index is 0.0134. The smallest absolute Gasteiger partial charge is 0.336 e. The molecule has 0 aliphatic carbocycles. The van der Waals surface area contributed by atoms with Crippen molar-refractivity contribution in [1.29, 1.82) is 0 Å². The molecule has 1 aromatic heterocycles. The predicted octanol–water partition coefficient (Wildman–Crippen LogP) is -0.988. The summed E-state index contributed by atoms with van der Waals surface area (Å²) < 4.78 is 18.7. The van der Waals surface area contributed by atoms with Crippen LogP contribution in [0.1, 0.15) is 68.1 Å². The topological polar surface area (TPSA) is 236 Å². The molecule has 2 aliphatic heterocycles. The van der Waals surface area contributed by atoms with Gasteiger partial charge in [0, 0.05) is 6.07 Å². The van der Waals surface area contributed by atoms with E-state index in [4.69, 9.17) is 9.15 Å². The molecular weight excluding hydrogens is 564 g/mol. The summed E-state index contributed by atoms with van der Waals surface area (Å²) in [6.45, 7) is 5.60. The van der Waals surface area contributed by atoms with Gasteiger partial charge in [-0.1, -0.05) is 0 Å². The van der Waals surface area contributed by atoms with Gasteiger partial charge in [-0.2, -0.15) is 0 Å². The number of carbonyl (C=O) groups is 9. The summed E-state index contributed by atoms with van der Waals surface area (Å²) >= 11 is 0. The van der Waals surface area contributed by atoms with Crippen molar-refractivity contribution < 1.29 is 61.8 Å². The van der Waals surface area contributed by atoms with Crippen LogP contribution in [0.25, 0.3) is 0 Å². The van der Waals surface area contributed by atoms with Crippen LogP contribution in [-0.4, -0.2) is 72.9 Å². The summed E-state index contributed by atoms with van der Waals surface area (Å²) in [4.78, 5) is 109. The average molecular weight is 595 g/mol. The van der Waals surface area contributed by atoms with Crippen molar-refractivity contribution in [1.82, 2.24) is 10.6 Å². The van der Waals surface area contributed by atoms with Crippen molar-refractivity contribution in [3.05, 3.63) is 33.4 Å². The molecule has 1 aromatic rings. The lowest BCUT2D eigenvalue weighted by atomic mass is 9.99. The van der Waals surface area contributed by atoms with Gasteiger partial charge < -0.3 is 18.6 Å². The molecule has 3 heterocycles. The molecule has 228 valence electrons. The van der Waals surface area contributed by atoms with E-state index in [0.717, 1.165) is 6.07 Å². The van der Waals surface area contributed by atoms with Crippen LogP contribution < -0.4 is 16.3 Å². The van der Waals surface area contributed by atoms with Gasteiger partial charge in [-0.15, -0.1) is 0 Å². The molecule has 16 nitrogen and oxygen atoms in total. The van der Waals surface area contributed by atoms with E-state index < -0.39 is 52.9 Å². The Morgan fingerprint density at radius 1 is 0.714 bits per heavy atom. The molecule has 1 fully saturated rings. The summed E-state index contributed by atoms with van der Waals surface area (Å²) in [5.74, 6) is -4.77. The van der Waals surface area contributed by atoms with Crippen molar-refractivity contribution in [2.45, 2.75) is 59.3 Å². The molecule has 0 unspecified atom stereocenters. The largest absolute Gasteiger partial charge is 0.466 e. The van der Waals surface area contributed by atoms with E-state index in [0.29, 0.717) is 0 Å². The summed E-state index contributed by atoms with van der Waals surface area (Å²) in [5, 5.41) is 4.12. The number of ether oxygens (including phenoxy) is 3. The van der Waals surface area contributed by atoms with Gasteiger partial charge in [-0.25, -0.2) is 4.79 Å². The third kappa shape index (κ3) is 12.9. The molecule has 1 saturated heterocycles. The van der Waals surface area contributed by atoms with Gasteiger partial charge in [-0.3, -0.25) is 53.8 Å². The Morgan fingerprint density at radius 2 is 1.19 bits per heavy atom. The van der Waals surface area contributed by atoms with Crippen LogP contribution in [0.15, 0.2) is 15.3 Å². The molecule has 0 aromatic carbocycles. The van der Waals surface area contributed by atoms with Crippen LogP contribution in [0, 0.1) is 0 Å². The molecule has 0 atom stereocenters. The van der Waals surface area contributed by atoms with Gasteiger partial charge in [0.2, 0.25) is 17.7 Å². The highest BCUT2D eigenvalue weighted by Gasteiger charge is 2.29. The highest BCUT2D eigenvalue weighted by molar-refractivity contribution is 6.16. The van der Waals surface area contributed by atoms with Crippen LogP contribution >= 0.6 is 0 Å². The number of hydrogen-bond acceptors (Lipinski definition) is 14. The van der Waals surface area contributed by atoms with Gasteiger partial charge in [-0.05, 0) is 26.3 Å². The zero-order valence-electron chi connectivity index (χ0n) is 23.2. The molecule has 0 saturated carbocycles. The number of Topliss-reactive ketones (excluding diaryl/α,β-unsaturated/α-hetero) is 2. The van der Waals surface area contributed by atoms with Crippen molar-refractivity contribution in [3.63, 3.8) is 0 Å². The van der Waals surface area contributed by atoms with Crippen molar-refractivity contribution >= 4 is 53.1 Å². The Labute approximate surface area is 238 Å². The van der Waals surface area contributed by atoms with E-state index in [9.17, 15) is 47.9 Å². The lowest BCUT2D eigenvalue weighted by molar-refractivity contribution is -0.149. The fraction of sp³-hybridized carbons (Fsp3) is 0.462. The molecule has 42 heavy (non-hydrogen) atoms. The number of hydrogen-bond donors (Lipinski definition) is 2. The number of amides is 4. The van der Waals surface area contributed by atoms with Crippen molar-refractivity contribution in [2.75, 3.05) is 19.8 Å². The Hall–Kier alpha value is -5.02. The summed E-state index contributed by atoms with van der Waals surface area (Å²) in [7, 11) is 0. The van der Waals surface area contributed by atoms with Gasteiger partial charge in [0.05, 0.1) is 51.1 Å².